The predicted molar refractivity (Wildman–Crippen MR) is 103 cm³/mol. The van der Waals surface area contributed by atoms with Crippen molar-refractivity contribution in [3.63, 3.8) is 0 Å². The highest BCUT2D eigenvalue weighted by atomic mass is 28.4. The molecule has 0 aliphatic heterocycles. The Labute approximate surface area is 147 Å². The minimum absolute atomic E-state index is 0.885. The van der Waals surface area contributed by atoms with Crippen molar-refractivity contribution < 1.29 is 13.3 Å². The molecule has 0 saturated carbocycles. The third-order valence-corrected chi connectivity index (χ3v) is 6.88. The quantitative estimate of drug-likeness (QED) is 0.333. The molecule has 5 heteroatoms. The van der Waals surface area contributed by atoms with Gasteiger partial charge in [-0.15, -0.1) is 0 Å². The van der Waals surface area contributed by atoms with Crippen molar-refractivity contribution in [2.45, 2.75) is 84.6 Å². The molecule has 0 radical (unpaired) electrons. The van der Waals surface area contributed by atoms with Gasteiger partial charge in [-0.25, -0.2) is 0 Å². The topological polar surface area (TPSA) is 39.7 Å². The number of hydrogen-bond acceptors (Lipinski definition) is 4. The average molecular weight is 350 g/mol. The van der Waals surface area contributed by atoms with E-state index in [4.69, 9.17) is 13.3 Å². The van der Waals surface area contributed by atoms with Crippen LogP contribution in [0.3, 0.4) is 0 Å². The SMILES string of the molecule is CCCCCCNCCCCCC.CCC[Si](OC)(OC)OC. The van der Waals surface area contributed by atoms with Crippen LogP contribution in [0.15, 0.2) is 0 Å². The van der Waals surface area contributed by atoms with Gasteiger partial charge < -0.3 is 18.6 Å². The van der Waals surface area contributed by atoms with Crippen LogP contribution in [-0.2, 0) is 13.3 Å². The molecule has 0 saturated heterocycles. The van der Waals surface area contributed by atoms with E-state index in [9.17, 15) is 0 Å². The molecule has 23 heavy (non-hydrogen) atoms. The molecule has 0 spiro atoms. The maximum absolute atomic E-state index is 5.17. The van der Waals surface area contributed by atoms with Gasteiger partial charge in [-0.05, 0) is 25.9 Å². The maximum Gasteiger partial charge on any atom is 0.500 e. The van der Waals surface area contributed by atoms with Crippen LogP contribution in [-0.4, -0.2) is 43.2 Å². The van der Waals surface area contributed by atoms with Crippen LogP contribution >= 0.6 is 0 Å². The lowest BCUT2D eigenvalue weighted by Gasteiger charge is -2.23. The Kier molecular flexibility index (Phi) is 22.1. The molecule has 0 atom stereocenters. The molecule has 0 bridgehead atoms. The summed E-state index contributed by atoms with van der Waals surface area (Å²) in [6.07, 6.45) is 12.0. The van der Waals surface area contributed by atoms with Gasteiger partial charge in [0.2, 0.25) is 0 Å². The fourth-order valence-electron chi connectivity index (χ4n) is 2.34. The molecular weight excluding hydrogens is 306 g/mol. The number of nitrogens with one attached hydrogen (secondary N) is 1. The third-order valence-electron chi connectivity index (χ3n) is 3.90. The van der Waals surface area contributed by atoms with Crippen molar-refractivity contribution in [1.29, 1.82) is 0 Å². The van der Waals surface area contributed by atoms with E-state index in [1.54, 1.807) is 21.3 Å². The van der Waals surface area contributed by atoms with Crippen LogP contribution in [0.5, 0.6) is 0 Å². The predicted octanol–water partition coefficient (Wildman–Crippen LogP) is 5.01. The van der Waals surface area contributed by atoms with Crippen LogP contribution in [0.4, 0.5) is 0 Å². The minimum atomic E-state index is -2.22. The first-order chi connectivity index (χ1) is 11.2. The van der Waals surface area contributed by atoms with Crippen molar-refractivity contribution in [3.05, 3.63) is 0 Å². The molecule has 0 heterocycles. The molecule has 0 fully saturated rings. The Hall–Kier alpha value is 0.0569. The molecule has 0 aromatic rings. The third kappa shape index (κ3) is 16.7. The fraction of sp³-hybridized carbons (Fsp3) is 1.00. The number of hydrogen-bond donors (Lipinski definition) is 1. The largest absolute Gasteiger partial charge is 0.500 e. The summed E-state index contributed by atoms with van der Waals surface area (Å²) in [5.41, 5.74) is 0. The lowest BCUT2D eigenvalue weighted by Crippen LogP contribution is -2.42. The minimum Gasteiger partial charge on any atom is -0.377 e. The first kappa shape index (κ1) is 25.3. The second-order valence-corrected chi connectivity index (χ2v) is 9.01. The monoisotopic (exact) mass is 349 g/mol. The Morgan fingerprint density at radius 3 is 1.30 bits per heavy atom. The zero-order valence-electron chi connectivity index (χ0n) is 16.7. The summed E-state index contributed by atoms with van der Waals surface area (Å²) in [4.78, 5) is 0. The lowest BCUT2D eigenvalue weighted by molar-refractivity contribution is 0.123. The van der Waals surface area contributed by atoms with Crippen LogP contribution in [0.25, 0.3) is 0 Å². The highest BCUT2D eigenvalue weighted by Crippen LogP contribution is 2.13. The molecule has 0 aliphatic rings. The van der Waals surface area contributed by atoms with Gasteiger partial charge >= 0.3 is 8.80 Å². The Bertz CT molecular complexity index is 196. The summed E-state index contributed by atoms with van der Waals surface area (Å²) in [5.74, 6) is 0. The average Bonchev–Trinajstić information content (AvgIpc) is 2.59. The van der Waals surface area contributed by atoms with Crippen LogP contribution in [0.1, 0.15) is 78.6 Å². The molecular formula is C18H43NO3Si. The summed E-state index contributed by atoms with van der Waals surface area (Å²) in [7, 11) is 2.68. The lowest BCUT2D eigenvalue weighted by atomic mass is 10.2. The number of unbranched alkanes of at least 4 members (excludes halogenated alkanes) is 6. The summed E-state index contributed by atoms with van der Waals surface area (Å²) < 4.78 is 15.5. The maximum atomic E-state index is 5.17. The number of rotatable bonds is 15. The first-order valence-corrected chi connectivity index (χ1v) is 11.5. The molecule has 0 aromatic carbocycles. The van der Waals surface area contributed by atoms with Gasteiger partial charge in [0.25, 0.3) is 0 Å². The van der Waals surface area contributed by atoms with E-state index in [-0.39, 0.29) is 0 Å². The van der Waals surface area contributed by atoms with Crippen molar-refractivity contribution in [3.8, 4) is 0 Å². The molecule has 0 amide bonds. The smallest absolute Gasteiger partial charge is 0.377 e. The first-order valence-electron chi connectivity index (χ1n) is 9.52. The molecule has 142 valence electrons. The summed E-state index contributed by atoms with van der Waals surface area (Å²) >= 11 is 0. The van der Waals surface area contributed by atoms with E-state index < -0.39 is 8.80 Å². The van der Waals surface area contributed by atoms with Crippen LogP contribution < -0.4 is 5.32 Å². The Morgan fingerprint density at radius 1 is 0.609 bits per heavy atom. The van der Waals surface area contributed by atoms with E-state index in [0.717, 1.165) is 12.5 Å². The van der Waals surface area contributed by atoms with E-state index in [1.165, 1.54) is 64.5 Å². The Morgan fingerprint density at radius 2 is 1.04 bits per heavy atom. The molecule has 1 N–H and O–H groups in total. The van der Waals surface area contributed by atoms with Crippen LogP contribution in [0.2, 0.25) is 6.04 Å². The van der Waals surface area contributed by atoms with Gasteiger partial charge in [-0.1, -0.05) is 65.7 Å². The summed E-state index contributed by atoms with van der Waals surface area (Å²) in [6, 6.07) is 0.885. The van der Waals surface area contributed by atoms with Gasteiger partial charge in [0.05, 0.1) is 0 Å². The van der Waals surface area contributed by atoms with Gasteiger partial charge in [0.1, 0.15) is 0 Å². The molecule has 0 aromatic heterocycles. The van der Waals surface area contributed by atoms with Crippen LogP contribution in [0, 0.1) is 0 Å². The summed E-state index contributed by atoms with van der Waals surface area (Å²) in [6.45, 7) is 9.06. The molecule has 4 nitrogen and oxygen atoms in total. The van der Waals surface area contributed by atoms with Crippen molar-refractivity contribution in [2.24, 2.45) is 0 Å². The van der Waals surface area contributed by atoms with E-state index in [0.29, 0.717) is 0 Å². The second kappa shape index (κ2) is 20.1. The van der Waals surface area contributed by atoms with Crippen molar-refractivity contribution >= 4 is 8.80 Å². The van der Waals surface area contributed by atoms with Crippen molar-refractivity contribution in [1.82, 2.24) is 5.32 Å². The van der Waals surface area contributed by atoms with Gasteiger partial charge in [0, 0.05) is 27.4 Å². The summed E-state index contributed by atoms with van der Waals surface area (Å²) in [5, 5.41) is 3.50. The van der Waals surface area contributed by atoms with Gasteiger partial charge in [-0.3, -0.25) is 0 Å². The van der Waals surface area contributed by atoms with Crippen molar-refractivity contribution in [2.75, 3.05) is 34.4 Å². The second-order valence-electron chi connectivity index (χ2n) is 5.92. The molecule has 0 unspecified atom stereocenters. The zero-order valence-corrected chi connectivity index (χ0v) is 17.7. The van der Waals surface area contributed by atoms with Gasteiger partial charge in [-0.2, -0.15) is 0 Å². The zero-order chi connectivity index (χ0) is 17.8. The fourth-order valence-corrected chi connectivity index (χ4v) is 4.07. The van der Waals surface area contributed by atoms with E-state index >= 15 is 0 Å². The molecule has 0 rings (SSSR count). The van der Waals surface area contributed by atoms with E-state index in [1.807, 2.05) is 0 Å². The highest BCUT2D eigenvalue weighted by Gasteiger charge is 2.36. The Balaban J connectivity index is 0. The standard InChI is InChI=1S/C12H27N.C6H16O3Si/c1-3-5-7-9-11-13-12-10-8-6-4-2;1-5-6-10(7-2,8-3)9-4/h13H,3-12H2,1-2H3;5-6H2,1-4H3. The van der Waals surface area contributed by atoms with E-state index in [2.05, 4.69) is 26.1 Å². The normalized spacial score (nSPS) is 11.2. The highest BCUT2D eigenvalue weighted by molar-refractivity contribution is 6.60. The molecule has 0 aliphatic carbocycles. The van der Waals surface area contributed by atoms with Gasteiger partial charge in [0.15, 0.2) is 0 Å².